The first-order valence-electron chi connectivity index (χ1n) is 11.1. The van der Waals surface area contributed by atoms with E-state index in [9.17, 15) is 18.8 Å². The summed E-state index contributed by atoms with van der Waals surface area (Å²) < 4.78 is 24.2. The van der Waals surface area contributed by atoms with Crippen LogP contribution in [0.2, 0.25) is 0 Å². The molecule has 1 heterocycles. The Bertz CT molecular complexity index is 606. The molecule has 1 saturated heterocycles. The van der Waals surface area contributed by atoms with Crippen molar-refractivity contribution in [2.24, 2.45) is 11.8 Å². The van der Waals surface area contributed by atoms with E-state index in [1.807, 2.05) is 0 Å². The van der Waals surface area contributed by atoms with Crippen LogP contribution in [-0.2, 0) is 19.1 Å². The number of hydrogen-bond donors (Lipinski definition) is 2. The fraction of sp³-hybridized carbons (Fsp3) is 0.857. The highest BCUT2D eigenvalue weighted by Gasteiger charge is 2.37. The van der Waals surface area contributed by atoms with Crippen LogP contribution in [-0.4, -0.2) is 54.0 Å². The molecule has 0 radical (unpaired) electrons. The summed E-state index contributed by atoms with van der Waals surface area (Å²) in [7, 11) is 0. The maximum absolute atomic E-state index is 13.3. The molecular formula is C21H33FN2O5S. The van der Waals surface area contributed by atoms with Gasteiger partial charge in [0.1, 0.15) is 6.17 Å². The Morgan fingerprint density at radius 2 is 1.57 bits per heavy atom. The van der Waals surface area contributed by atoms with Crippen molar-refractivity contribution >= 4 is 29.7 Å². The van der Waals surface area contributed by atoms with E-state index in [4.69, 9.17) is 9.47 Å². The number of alkyl halides is 1. The predicted octanol–water partition coefficient (Wildman–Crippen LogP) is 3.31. The van der Waals surface area contributed by atoms with Crippen LogP contribution in [0.15, 0.2) is 0 Å². The second-order valence-corrected chi connectivity index (χ2v) is 9.64. The summed E-state index contributed by atoms with van der Waals surface area (Å²) in [6.07, 6.45) is 5.42. The molecular weight excluding hydrogens is 411 g/mol. The number of rotatable bonds is 6. The number of thioether (sulfide) groups is 1. The molecule has 1 aliphatic heterocycles. The van der Waals surface area contributed by atoms with E-state index in [1.165, 1.54) is 11.8 Å². The lowest BCUT2D eigenvalue weighted by Crippen LogP contribution is -2.46. The van der Waals surface area contributed by atoms with Gasteiger partial charge < -0.3 is 14.8 Å². The topological polar surface area (TPSA) is 93.7 Å². The molecule has 3 rings (SSSR count). The number of carbonyl (C=O) groups is 3. The highest BCUT2D eigenvalue weighted by Crippen LogP contribution is 2.34. The largest absolute Gasteiger partial charge is 0.450 e. The summed E-state index contributed by atoms with van der Waals surface area (Å²) >= 11 is 1.54. The molecule has 2 atom stereocenters. The van der Waals surface area contributed by atoms with E-state index in [2.05, 4.69) is 10.6 Å². The minimum atomic E-state index is -0.747. The minimum Gasteiger partial charge on any atom is -0.450 e. The first kappa shape index (κ1) is 23.3. The first-order chi connectivity index (χ1) is 14.5. The highest BCUT2D eigenvalue weighted by atomic mass is 32.2. The number of nitrogens with one attached hydrogen (secondary N) is 2. The van der Waals surface area contributed by atoms with Gasteiger partial charge in [0.05, 0.1) is 30.1 Å². The molecule has 0 bridgehead atoms. The second kappa shape index (κ2) is 11.3. The Morgan fingerprint density at radius 3 is 2.20 bits per heavy atom. The second-order valence-electron chi connectivity index (χ2n) is 8.39. The molecule has 3 amide bonds. The van der Waals surface area contributed by atoms with Crippen molar-refractivity contribution in [2.75, 3.05) is 12.4 Å². The summed E-state index contributed by atoms with van der Waals surface area (Å²) in [5.74, 6) is -0.188. The van der Waals surface area contributed by atoms with Crippen molar-refractivity contribution < 1.29 is 28.2 Å². The van der Waals surface area contributed by atoms with Gasteiger partial charge in [0.25, 0.3) is 0 Å². The third-order valence-electron chi connectivity index (χ3n) is 6.25. The van der Waals surface area contributed by atoms with Gasteiger partial charge in [-0.05, 0) is 70.5 Å². The number of imide groups is 1. The van der Waals surface area contributed by atoms with Crippen LogP contribution >= 0.6 is 11.8 Å². The molecule has 3 aliphatic rings. The molecule has 2 unspecified atom stereocenters. The Labute approximate surface area is 181 Å². The fourth-order valence-corrected chi connectivity index (χ4v) is 5.85. The van der Waals surface area contributed by atoms with Crippen molar-refractivity contribution in [1.29, 1.82) is 0 Å². The zero-order valence-corrected chi connectivity index (χ0v) is 18.4. The van der Waals surface area contributed by atoms with Crippen LogP contribution in [0, 0.1) is 11.8 Å². The molecule has 0 aromatic heterocycles. The Balaban J connectivity index is 1.40. The third kappa shape index (κ3) is 6.57. The summed E-state index contributed by atoms with van der Waals surface area (Å²) in [6, 6.07) is 0. The van der Waals surface area contributed by atoms with E-state index in [-0.39, 0.29) is 36.0 Å². The molecule has 170 valence electrons. The zero-order valence-electron chi connectivity index (χ0n) is 17.6. The van der Waals surface area contributed by atoms with Crippen molar-refractivity contribution in [3.05, 3.63) is 0 Å². The van der Waals surface area contributed by atoms with Crippen LogP contribution in [0.4, 0.5) is 9.18 Å². The number of carbonyl (C=O) groups excluding carboxylic acids is 3. The molecule has 2 N–H and O–H groups in total. The quantitative estimate of drug-likeness (QED) is 0.653. The molecule has 7 nitrogen and oxygen atoms in total. The van der Waals surface area contributed by atoms with Crippen molar-refractivity contribution in [1.82, 2.24) is 10.6 Å². The first-order valence-corrected chi connectivity index (χ1v) is 12.2. The molecule has 0 spiro atoms. The molecule has 0 aromatic carbocycles. The van der Waals surface area contributed by atoms with Gasteiger partial charge in [-0.3, -0.25) is 14.9 Å². The van der Waals surface area contributed by atoms with Crippen LogP contribution < -0.4 is 10.6 Å². The normalized spacial score (nSPS) is 34.2. The van der Waals surface area contributed by atoms with Gasteiger partial charge in [-0.2, -0.15) is 0 Å². The molecule has 3 fully saturated rings. The fourth-order valence-electron chi connectivity index (χ4n) is 4.51. The highest BCUT2D eigenvalue weighted by molar-refractivity contribution is 8.00. The van der Waals surface area contributed by atoms with Gasteiger partial charge >= 0.3 is 6.09 Å². The lowest BCUT2D eigenvalue weighted by atomic mass is 9.86. The SMILES string of the molecule is CCOC(=O)NC(=O)C1CCSC1NC(=O)C1CCC(OC2CCC(F)CC2)CC1. The Hall–Kier alpha value is -1.35. The van der Waals surface area contributed by atoms with Gasteiger partial charge in [0, 0.05) is 5.92 Å². The molecule has 9 heteroatoms. The number of hydrogen-bond acceptors (Lipinski definition) is 6. The van der Waals surface area contributed by atoms with Crippen molar-refractivity contribution in [2.45, 2.75) is 88.5 Å². The number of amides is 3. The average Bonchev–Trinajstić information content (AvgIpc) is 3.18. The van der Waals surface area contributed by atoms with Gasteiger partial charge in [-0.15, -0.1) is 11.8 Å². The Morgan fingerprint density at radius 1 is 0.933 bits per heavy atom. The van der Waals surface area contributed by atoms with Gasteiger partial charge in [-0.1, -0.05) is 0 Å². The van der Waals surface area contributed by atoms with Crippen LogP contribution in [0.1, 0.15) is 64.7 Å². The minimum absolute atomic E-state index is 0.0280. The number of alkyl carbamates (subject to hydrolysis) is 1. The molecule has 30 heavy (non-hydrogen) atoms. The van der Waals surface area contributed by atoms with Gasteiger partial charge in [0.2, 0.25) is 11.8 Å². The van der Waals surface area contributed by atoms with E-state index < -0.39 is 24.1 Å². The molecule has 0 aromatic rings. The van der Waals surface area contributed by atoms with E-state index in [0.717, 1.165) is 44.3 Å². The Kier molecular flexibility index (Phi) is 8.80. The predicted molar refractivity (Wildman–Crippen MR) is 112 cm³/mol. The molecule has 2 saturated carbocycles. The van der Waals surface area contributed by atoms with Crippen LogP contribution in [0.5, 0.6) is 0 Å². The maximum atomic E-state index is 13.3. The van der Waals surface area contributed by atoms with Crippen LogP contribution in [0.3, 0.4) is 0 Å². The number of halogens is 1. The smallest absolute Gasteiger partial charge is 0.413 e. The summed E-state index contributed by atoms with van der Waals surface area (Å²) in [4.78, 5) is 36.6. The van der Waals surface area contributed by atoms with Crippen molar-refractivity contribution in [3.8, 4) is 0 Å². The van der Waals surface area contributed by atoms with Crippen molar-refractivity contribution in [3.63, 3.8) is 0 Å². The summed E-state index contributed by atoms with van der Waals surface area (Å²) in [5, 5.41) is 4.94. The zero-order chi connectivity index (χ0) is 21.5. The lowest BCUT2D eigenvalue weighted by Gasteiger charge is -2.33. The van der Waals surface area contributed by atoms with E-state index in [0.29, 0.717) is 19.3 Å². The number of ether oxygens (including phenoxy) is 2. The molecule has 2 aliphatic carbocycles. The lowest BCUT2D eigenvalue weighted by molar-refractivity contribution is -0.129. The monoisotopic (exact) mass is 444 g/mol. The third-order valence-corrected chi connectivity index (χ3v) is 7.52. The summed E-state index contributed by atoms with van der Waals surface area (Å²) in [5.41, 5.74) is 0. The van der Waals surface area contributed by atoms with E-state index in [1.54, 1.807) is 6.92 Å². The van der Waals surface area contributed by atoms with Crippen LogP contribution in [0.25, 0.3) is 0 Å². The standard InChI is InChI=1S/C21H33FN2O5S/c1-2-28-21(27)24-19(26)17-11-12-30-20(17)23-18(25)13-3-7-15(8-4-13)29-16-9-5-14(22)6-10-16/h13-17,20H,2-12H2,1H3,(H,23,25)(H,24,26,27). The van der Waals surface area contributed by atoms with E-state index >= 15 is 0 Å². The van der Waals surface area contributed by atoms with Gasteiger partial charge in [0.15, 0.2) is 0 Å². The van der Waals surface area contributed by atoms with Gasteiger partial charge in [-0.25, -0.2) is 9.18 Å². The maximum Gasteiger partial charge on any atom is 0.413 e. The average molecular weight is 445 g/mol. The summed E-state index contributed by atoms with van der Waals surface area (Å²) in [6.45, 7) is 1.87.